The van der Waals surface area contributed by atoms with Crippen molar-refractivity contribution < 1.29 is 14.6 Å². The Balaban J connectivity index is 1.90. The number of benzene rings is 1. The van der Waals surface area contributed by atoms with E-state index in [4.69, 9.17) is 14.6 Å². The summed E-state index contributed by atoms with van der Waals surface area (Å²) in [5.74, 6) is 0.879. The molecule has 2 rings (SSSR count). The van der Waals surface area contributed by atoms with Gasteiger partial charge in [-0.3, -0.25) is 4.90 Å². The number of hydrogen-bond donors (Lipinski definition) is 1. The average Bonchev–Trinajstić information content (AvgIpc) is 2.40. The van der Waals surface area contributed by atoms with Gasteiger partial charge in [-0.25, -0.2) is 0 Å². The Bertz CT molecular complexity index is 339. The van der Waals surface area contributed by atoms with Crippen molar-refractivity contribution in [3.05, 3.63) is 29.8 Å². The van der Waals surface area contributed by atoms with E-state index < -0.39 is 0 Å². The topological polar surface area (TPSA) is 41.9 Å². The largest absolute Gasteiger partial charge is 0.497 e. The minimum Gasteiger partial charge on any atom is -0.497 e. The van der Waals surface area contributed by atoms with E-state index in [1.54, 1.807) is 7.11 Å². The van der Waals surface area contributed by atoms with Gasteiger partial charge in [0.1, 0.15) is 5.75 Å². The zero-order chi connectivity index (χ0) is 12.1. The summed E-state index contributed by atoms with van der Waals surface area (Å²) < 4.78 is 10.5. The van der Waals surface area contributed by atoms with Crippen LogP contribution in [0.15, 0.2) is 24.3 Å². The summed E-state index contributed by atoms with van der Waals surface area (Å²) in [6.45, 7) is 3.40. The van der Waals surface area contributed by atoms with Crippen LogP contribution in [0.5, 0.6) is 5.75 Å². The lowest BCUT2D eigenvalue weighted by Gasteiger charge is -2.31. The molecule has 1 aromatic rings. The van der Waals surface area contributed by atoms with E-state index in [0.29, 0.717) is 6.61 Å². The van der Waals surface area contributed by atoms with Crippen LogP contribution in [-0.2, 0) is 11.3 Å². The molecule has 0 saturated carbocycles. The monoisotopic (exact) mass is 237 g/mol. The summed E-state index contributed by atoms with van der Waals surface area (Å²) in [6, 6.07) is 8.09. The second kappa shape index (κ2) is 6.00. The van der Waals surface area contributed by atoms with E-state index in [1.165, 1.54) is 5.56 Å². The van der Waals surface area contributed by atoms with E-state index in [1.807, 2.05) is 12.1 Å². The van der Waals surface area contributed by atoms with Gasteiger partial charge in [0, 0.05) is 19.6 Å². The first-order valence-corrected chi connectivity index (χ1v) is 5.89. The molecule has 0 aliphatic carbocycles. The molecule has 1 saturated heterocycles. The number of morpholine rings is 1. The van der Waals surface area contributed by atoms with E-state index in [-0.39, 0.29) is 12.7 Å². The van der Waals surface area contributed by atoms with Gasteiger partial charge in [-0.15, -0.1) is 0 Å². The zero-order valence-electron chi connectivity index (χ0n) is 10.1. The molecule has 0 aromatic heterocycles. The highest BCUT2D eigenvalue weighted by Crippen LogP contribution is 2.14. The summed E-state index contributed by atoms with van der Waals surface area (Å²) in [6.07, 6.45) is -0.0398. The summed E-state index contributed by atoms with van der Waals surface area (Å²) in [4.78, 5) is 2.30. The van der Waals surface area contributed by atoms with Crippen LogP contribution >= 0.6 is 0 Å². The average molecular weight is 237 g/mol. The fraction of sp³-hybridized carbons (Fsp3) is 0.538. The molecule has 4 heteroatoms. The molecular formula is C13H19NO3. The van der Waals surface area contributed by atoms with E-state index >= 15 is 0 Å². The Hall–Kier alpha value is -1.10. The summed E-state index contributed by atoms with van der Waals surface area (Å²) in [5.41, 5.74) is 1.25. The Morgan fingerprint density at radius 1 is 1.41 bits per heavy atom. The molecule has 0 bridgehead atoms. The van der Waals surface area contributed by atoms with Crippen molar-refractivity contribution in [1.82, 2.24) is 4.90 Å². The maximum Gasteiger partial charge on any atom is 0.118 e. The van der Waals surface area contributed by atoms with Gasteiger partial charge in [0.15, 0.2) is 0 Å². The normalized spacial score (nSPS) is 21.4. The van der Waals surface area contributed by atoms with Crippen LogP contribution in [0, 0.1) is 0 Å². The Labute approximate surface area is 102 Å². The predicted octanol–water partition coefficient (Wildman–Crippen LogP) is 0.888. The Morgan fingerprint density at radius 3 is 2.82 bits per heavy atom. The third-order valence-corrected chi connectivity index (χ3v) is 2.99. The molecule has 1 atom stereocenters. The van der Waals surface area contributed by atoms with Crippen molar-refractivity contribution in [2.45, 2.75) is 12.6 Å². The van der Waals surface area contributed by atoms with Gasteiger partial charge in [0.25, 0.3) is 0 Å². The fourth-order valence-electron chi connectivity index (χ4n) is 2.02. The Kier molecular flexibility index (Phi) is 4.36. The summed E-state index contributed by atoms with van der Waals surface area (Å²) in [7, 11) is 1.67. The highest BCUT2D eigenvalue weighted by Gasteiger charge is 2.19. The lowest BCUT2D eigenvalue weighted by atomic mass is 10.2. The molecule has 17 heavy (non-hydrogen) atoms. The zero-order valence-corrected chi connectivity index (χ0v) is 10.1. The standard InChI is InChI=1S/C13H19NO3/c1-16-12-4-2-11(3-5-12)8-14-6-7-17-13(9-14)10-15/h2-5,13,15H,6-10H2,1H3. The van der Waals surface area contributed by atoms with Crippen LogP contribution < -0.4 is 4.74 Å². The van der Waals surface area contributed by atoms with Crippen LogP contribution in [0.4, 0.5) is 0 Å². The van der Waals surface area contributed by atoms with Crippen molar-refractivity contribution in [3.63, 3.8) is 0 Å². The van der Waals surface area contributed by atoms with E-state index in [0.717, 1.165) is 25.4 Å². The van der Waals surface area contributed by atoms with Gasteiger partial charge in [0.2, 0.25) is 0 Å². The predicted molar refractivity (Wildman–Crippen MR) is 65.1 cm³/mol. The smallest absolute Gasteiger partial charge is 0.118 e. The molecule has 94 valence electrons. The highest BCUT2D eigenvalue weighted by atomic mass is 16.5. The molecular weight excluding hydrogens is 218 g/mol. The van der Waals surface area contributed by atoms with Gasteiger partial charge >= 0.3 is 0 Å². The van der Waals surface area contributed by atoms with Crippen molar-refractivity contribution in [1.29, 1.82) is 0 Å². The van der Waals surface area contributed by atoms with E-state index in [2.05, 4.69) is 17.0 Å². The number of nitrogens with zero attached hydrogens (tertiary/aromatic N) is 1. The van der Waals surface area contributed by atoms with Crippen molar-refractivity contribution >= 4 is 0 Å². The first-order chi connectivity index (χ1) is 8.31. The van der Waals surface area contributed by atoms with Crippen LogP contribution in [0.25, 0.3) is 0 Å². The quantitative estimate of drug-likeness (QED) is 0.844. The molecule has 1 N–H and O–H groups in total. The third kappa shape index (κ3) is 3.43. The van der Waals surface area contributed by atoms with Crippen LogP contribution in [0.2, 0.25) is 0 Å². The lowest BCUT2D eigenvalue weighted by molar-refractivity contribution is -0.0551. The number of hydrogen-bond acceptors (Lipinski definition) is 4. The molecule has 0 radical (unpaired) electrons. The van der Waals surface area contributed by atoms with Gasteiger partial charge in [-0.1, -0.05) is 12.1 Å². The molecule has 0 spiro atoms. The first-order valence-electron chi connectivity index (χ1n) is 5.89. The fourth-order valence-corrected chi connectivity index (χ4v) is 2.02. The number of methoxy groups -OCH3 is 1. The SMILES string of the molecule is COc1ccc(CN2CCOC(CO)C2)cc1. The molecule has 4 nitrogen and oxygen atoms in total. The lowest BCUT2D eigenvalue weighted by Crippen LogP contribution is -2.43. The van der Waals surface area contributed by atoms with Gasteiger partial charge in [-0.05, 0) is 17.7 Å². The summed E-state index contributed by atoms with van der Waals surface area (Å²) >= 11 is 0. The van der Waals surface area contributed by atoms with Crippen LogP contribution in [-0.4, -0.2) is 49.5 Å². The van der Waals surface area contributed by atoms with Gasteiger partial charge in [-0.2, -0.15) is 0 Å². The minimum absolute atomic E-state index is 0.0398. The number of aliphatic hydroxyl groups excluding tert-OH is 1. The van der Waals surface area contributed by atoms with Crippen molar-refractivity contribution in [3.8, 4) is 5.75 Å². The number of rotatable bonds is 4. The van der Waals surface area contributed by atoms with Gasteiger partial charge < -0.3 is 14.6 Å². The maximum absolute atomic E-state index is 9.07. The number of ether oxygens (including phenoxy) is 2. The summed E-state index contributed by atoms with van der Waals surface area (Å²) in [5, 5.41) is 9.07. The molecule has 1 aromatic carbocycles. The third-order valence-electron chi connectivity index (χ3n) is 2.99. The highest BCUT2D eigenvalue weighted by molar-refractivity contribution is 5.27. The minimum atomic E-state index is -0.0398. The molecule has 1 aliphatic rings. The Morgan fingerprint density at radius 2 is 2.18 bits per heavy atom. The van der Waals surface area contributed by atoms with Crippen molar-refractivity contribution in [2.75, 3.05) is 33.4 Å². The van der Waals surface area contributed by atoms with Gasteiger partial charge in [0.05, 0.1) is 26.4 Å². The molecule has 1 fully saturated rings. The van der Waals surface area contributed by atoms with Crippen LogP contribution in [0.3, 0.4) is 0 Å². The maximum atomic E-state index is 9.07. The van der Waals surface area contributed by atoms with E-state index in [9.17, 15) is 0 Å². The molecule has 1 unspecified atom stereocenters. The molecule has 1 aliphatic heterocycles. The van der Waals surface area contributed by atoms with Crippen LogP contribution in [0.1, 0.15) is 5.56 Å². The second-order valence-electron chi connectivity index (χ2n) is 4.26. The van der Waals surface area contributed by atoms with Crippen molar-refractivity contribution in [2.24, 2.45) is 0 Å². The molecule has 0 amide bonds. The first kappa shape index (κ1) is 12.4. The second-order valence-corrected chi connectivity index (χ2v) is 4.26. The number of aliphatic hydroxyl groups is 1. The molecule has 1 heterocycles.